The first kappa shape index (κ1) is 69.2. The summed E-state index contributed by atoms with van der Waals surface area (Å²) >= 11 is 0. The topological polar surface area (TPSA) is 212 Å². The molecule has 3 N–H and O–H groups in total. The summed E-state index contributed by atoms with van der Waals surface area (Å²) < 4.78 is 35.8. The number of imidazole rings is 3. The van der Waals surface area contributed by atoms with Crippen LogP contribution in [0.2, 0.25) is 0 Å². The predicted octanol–water partition coefficient (Wildman–Crippen LogP) is 18.1. The van der Waals surface area contributed by atoms with Gasteiger partial charge in [0.05, 0.1) is 65.9 Å². The number of fused-ring (bicyclic) bond motifs is 3. The van der Waals surface area contributed by atoms with Crippen LogP contribution in [0.3, 0.4) is 0 Å². The number of aromatic hydroxyl groups is 1. The summed E-state index contributed by atoms with van der Waals surface area (Å²) in [6, 6.07) is 68.2. The van der Waals surface area contributed by atoms with Gasteiger partial charge in [0.15, 0.2) is 29.1 Å². The minimum Gasteiger partial charge on any atom is -0.504 e. The van der Waals surface area contributed by atoms with E-state index >= 15 is 0 Å². The molecule has 0 amide bonds. The van der Waals surface area contributed by atoms with E-state index in [0.29, 0.717) is 81.1 Å². The molecule has 9 aromatic carbocycles. The number of carbonyl (C=O) groups is 3. The van der Waals surface area contributed by atoms with Crippen molar-refractivity contribution in [2.45, 2.75) is 105 Å². The normalized spacial score (nSPS) is 11.9. The van der Waals surface area contributed by atoms with Gasteiger partial charge in [-0.1, -0.05) is 158 Å². The van der Waals surface area contributed by atoms with Gasteiger partial charge in [-0.25, -0.2) is 19.7 Å². The molecule has 0 spiro atoms. The number of nitrogens with zero attached hydrogens (tertiary/aromatic N) is 6. The maximum absolute atomic E-state index is 12.7. The number of phenolic OH excluding ortho intramolecular Hbond substituents is 1. The average Bonchev–Trinajstić information content (AvgIpc) is 1.64. The standard InChI is InChI=1S/C53H52N4O8.C29H32N2O3/c1-35-21-25-39(26-22-35)56-43-33-47(45(58)31-41(43)54-51(56)37-15-7-4-8-16-37)63-29-13-6-11-20-50(59)65-46(53(60)61)19-12-14-30-64-49-34-44-42(32-48(49)62-3)55-52(38-17-9-5-10-18-38)57(44)40-27-23-36(2)24-28-40;1-20(2)25(29(32)33)11-7-8-18-34-24-16-17-26-27(19-24)31(23-14-12-21(3)13-15-23)28(30-26)22-9-5-4-6-10-22/h4-5,7-10,15-18,21-28,31-34,46,58H,6,11-14,19-20,29-30H2,1-3H3,(H,60,61);4-6,9-10,12-17,19-20,25H,7-8,11,18H2,1-3H3,(H,32,33). The van der Waals surface area contributed by atoms with E-state index < -0.39 is 24.0 Å². The average molecular weight is 1330 g/mol. The maximum atomic E-state index is 12.7. The lowest BCUT2D eigenvalue weighted by Crippen LogP contribution is -2.27. The second-order valence-electron chi connectivity index (χ2n) is 25.2. The molecule has 12 aromatic rings. The number of methoxy groups -OCH3 is 1. The highest BCUT2D eigenvalue weighted by atomic mass is 16.6. The van der Waals surface area contributed by atoms with Crippen LogP contribution in [0.4, 0.5) is 0 Å². The number of aryl methyl sites for hydroxylation is 3. The molecule has 17 nitrogen and oxygen atoms in total. The van der Waals surface area contributed by atoms with Gasteiger partial charge in [-0.2, -0.15) is 0 Å². The number of benzene rings is 9. The Morgan fingerprint density at radius 3 is 1.34 bits per heavy atom. The maximum Gasteiger partial charge on any atom is 0.345 e. The second-order valence-corrected chi connectivity index (χ2v) is 25.2. The van der Waals surface area contributed by atoms with Crippen LogP contribution in [0.25, 0.3) is 84.3 Å². The van der Waals surface area contributed by atoms with Gasteiger partial charge in [-0.05, 0) is 133 Å². The smallest absolute Gasteiger partial charge is 0.345 e. The van der Waals surface area contributed by atoms with Crippen molar-refractivity contribution in [3.63, 3.8) is 0 Å². The molecule has 3 heterocycles. The van der Waals surface area contributed by atoms with E-state index in [9.17, 15) is 29.7 Å². The monoisotopic (exact) mass is 1330 g/mol. The Bertz CT molecular complexity index is 4680. The summed E-state index contributed by atoms with van der Waals surface area (Å²) in [7, 11) is 1.58. The highest BCUT2D eigenvalue weighted by Gasteiger charge is 2.25. The summed E-state index contributed by atoms with van der Waals surface area (Å²) in [5, 5.41) is 30.1. The van der Waals surface area contributed by atoms with Crippen LogP contribution in [-0.4, -0.2) is 94.9 Å². The van der Waals surface area contributed by atoms with Crippen LogP contribution in [0.1, 0.15) is 94.7 Å². The number of carboxylic acid groups (broad SMARTS) is 2. The Labute approximate surface area is 576 Å². The van der Waals surface area contributed by atoms with Gasteiger partial charge >= 0.3 is 17.9 Å². The minimum atomic E-state index is -1.26. The molecule has 17 heteroatoms. The van der Waals surface area contributed by atoms with Crippen molar-refractivity contribution in [3.8, 4) is 80.0 Å². The number of aliphatic carboxylic acids is 2. The molecule has 2 atom stereocenters. The highest BCUT2D eigenvalue weighted by molar-refractivity contribution is 5.88. The van der Waals surface area contributed by atoms with Crippen LogP contribution in [0.15, 0.2) is 206 Å². The van der Waals surface area contributed by atoms with Crippen molar-refractivity contribution in [3.05, 3.63) is 223 Å². The summed E-state index contributed by atoms with van der Waals surface area (Å²) in [6.45, 7) is 11.3. The first-order valence-electron chi connectivity index (χ1n) is 33.9. The molecule has 99 heavy (non-hydrogen) atoms. The lowest BCUT2D eigenvalue weighted by molar-refractivity contribution is -0.164. The molecule has 508 valence electrons. The Balaban J connectivity index is 0.000000244. The fraction of sp³-hybridized carbons (Fsp3) is 0.268. The van der Waals surface area contributed by atoms with Crippen molar-refractivity contribution in [1.29, 1.82) is 0 Å². The third-order valence-corrected chi connectivity index (χ3v) is 17.5. The predicted molar refractivity (Wildman–Crippen MR) is 388 cm³/mol. The Kier molecular flexibility index (Phi) is 22.8. The van der Waals surface area contributed by atoms with Crippen LogP contribution in [0.5, 0.6) is 28.7 Å². The number of carboxylic acids is 2. The van der Waals surface area contributed by atoms with Crippen molar-refractivity contribution in [2.24, 2.45) is 11.8 Å². The van der Waals surface area contributed by atoms with Crippen molar-refractivity contribution in [2.75, 3.05) is 26.9 Å². The molecular formula is C82H84N6O11. The van der Waals surface area contributed by atoms with Gasteiger partial charge in [-0.3, -0.25) is 23.3 Å². The van der Waals surface area contributed by atoms with Crippen molar-refractivity contribution >= 4 is 51.0 Å². The third kappa shape index (κ3) is 17.1. The summed E-state index contributed by atoms with van der Waals surface area (Å²) in [4.78, 5) is 51.0. The largest absolute Gasteiger partial charge is 0.504 e. The molecule has 0 aliphatic rings. The number of ether oxygens (including phenoxy) is 5. The van der Waals surface area contributed by atoms with E-state index in [1.807, 2.05) is 142 Å². The van der Waals surface area contributed by atoms with Crippen LogP contribution in [-0.2, 0) is 19.1 Å². The number of phenols is 1. The molecule has 12 rings (SSSR count). The van der Waals surface area contributed by atoms with Crippen LogP contribution in [0, 0.1) is 32.6 Å². The summed E-state index contributed by atoms with van der Waals surface area (Å²) in [5.41, 5.74) is 14.4. The Morgan fingerprint density at radius 2 is 0.869 bits per heavy atom. The fourth-order valence-corrected chi connectivity index (χ4v) is 12.1. The van der Waals surface area contributed by atoms with Gasteiger partial charge < -0.3 is 39.0 Å². The molecule has 3 aromatic heterocycles. The lowest BCUT2D eigenvalue weighted by atomic mass is 9.91. The molecule has 0 radical (unpaired) electrons. The first-order chi connectivity index (χ1) is 48.1. The molecule has 2 unspecified atom stereocenters. The molecule has 0 bridgehead atoms. The molecule has 0 aliphatic heterocycles. The van der Waals surface area contributed by atoms with Gasteiger partial charge in [0.1, 0.15) is 23.2 Å². The Hall–Kier alpha value is -11.2. The number of carbonyl (C=O) groups excluding carboxylic acids is 1. The fourth-order valence-electron chi connectivity index (χ4n) is 12.1. The van der Waals surface area contributed by atoms with Crippen molar-refractivity contribution in [1.82, 2.24) is 28.7 Å². The number of aromatic nitrogens is 6. The zero-order valence-corrected chi connectivity index (χ0v) is 56.8. The minimum absolute atomic E-state index is 0.0126. The molecule has 0 fully saturated rings. The van der Waals surface area contributed by atoms with Crippen molar-refractivity contribution < 1.29 is 53.4 Å². The van der Waals surface area contributed by atoms with E-state index in [2.05, 4.69) is 100 Å². The number of rotatable bonds is 30. The zero-order chi connectivity index (χ0) is 69.4. The number of hydrogen-bond acceptors (Lipinski definition) is 12. The van der Waals surface area contributed by atoms with E-state index in [4.69, 9.17) is 38.6 Å². The number of hydrogen-bond donors (Lipinski definition) is 3. The molecular weight excluding hydrogens is 1240 g/mol. The summed E-state index contributed by atoms with van der Waals surface area (Å²) in [5.74, 6) is 2.02. The van der Waals surface area contributed by atoms with E-state index in [1.165, 1.54) is 5.56 Å². The zero-order valence-electron chi connectivity index (χ0n) is 56.8. The van der Waals surface area contributed by atoms with Crippen LogP contribution >= 0.6 is 0 Å². The number of esters is 1. The van der Waals surface area contributed by atoms with Crippen LogP contribution < -0.4 is 18.9 Å². The quantitative estimate of drug-likeness (QED) is 0.0282. The van der Waals surface area contributed by atoms with E-state index in [1.54, 1.807) is 19.2 Å². The Morgan fingerprint density at radius 1 is 0.434 bits per heavy atom. The van der Waals surface area contributed by atoms with Gasteiger partial charge in [0, 0.05) is 70.5 Å². The van der Waals surface area contributed by atoms with E-state index in [-0.39, 0.29) is 30.4 Å². The SMILES string of the molecule is COc1cc2nc(-c3ccccc3)n(-c3ccc(C)cc3)c2cc1OCCCCC(OC(=O)CCCCCOc1cc2c(cc1O)nc(-c1ccccc1)n2-c1ccc(C)cc1)C(=O)O.Cc1ccc(-n2c(-c3ccccc3)nc3ccc(OCCCCC(C(=O)O)C(C)C)cc32)cc1. The van der Waals surface area contributed by atoms with E-state index in [0.717, 1.165) is 109 Å². The third-order valence-electron chi connectivity index (χ3n) is 17.5. The second kappa shape index (κ2) is 32.7. The summed E-state index contributed by atoms with van der Waals surface area (Å²) in [6.07, 6.45) is 4.04. The van der Waals surface area contributed by atoms with Gasteiger partial charge in [0.25, 0.3) is 0 Å². The van der Waals surface area contributed by atoms with Gasteiger partial charge in [0.2, 0.25) is 0 Å². The first-order valence-corrected chi connectivity index (χ1v) is 33.9. The molecule has 0 aliphatic carbocycles. The highest BCUT2D eigenvalue weighted by Crippen LogP contribution is 2.39. The van der Waals surface area contributed by atoms with Gasteiger partial charge in [-0.15, -0.1) is 0 Å². The number of unbranched alkanes of at least 4 members (excludes halogenated alkanes) is 4. The molecule has 0 saturated heterocycles. The molecule has 0 saturated carbocycles. The lowest BCUT2D eigenvalue weighted by Gasteiger charge is -2.15.